The van der Waals surface area contributed by atoms with Gasteiger partial charge in [-0.05, 0) is 67.3 Å². The van der Waals surface area contributed by atoms with Gasteiger partial charge in [-0.15, -0.1) is 0 Å². The lowest BCUT2D eigenvalue weighted by Crippen LogP contribution is -2.24. The Hall–Kier alpha value is -0.640. The van der Waals surface area contributed by atoms with Gasteiger partial charge in [0.05, 0.1) is 0 Å². The van der Waals surface area contributed by atoms with Crippen molar-refractivity contribution >= 4 is 31.9 Å². The van der Waals surface area contributed by atoms with E-state index in [0.29, 0.717) is 6.04 Å². The van der Waals surface area contributed by atoms with Gasteiger partial charge >= 0.3 is 0 Å². The summed E-state index contributed by atoms with van der Waals surface area (Å²) in [6.45, 7) is 7.50. The van der Waals surface area contributed by atoms with Crippen molar-refractivity contribution in [1.29, 1.82) is 0 Å². The number of aryl methyl sites for hydroxylation is 2. The Labute approximate surface area is 144 Å². The fourth-order valence-electron chi connectivity index (χ4n) is 2.70. The molecule has 0 aliphatic heterocycles. The fourth-order valence-corrected chi connectivity index (χ4v) is 3.60. The number of likely N-dealkylation sites (N-methyl/N-ethyl adjacent to an activating group) is 1. The summed E-state index contributed by atoms with van der Waals surface area (Å²) >= 11 is 7.27. The van der Waals surface area contributed by atoms with Gasteiger partial charge in [0.15, 0.2) is 0 Å². The summed E-state index contributed by atoms with van der Waals surface area (Å²) < 4.78 is 2.27. The van der Waals surface area contributed by atoms with Gasteiger partial charge < -0.3 is 5.32 Å². The molecule has 2 rings (SSSR count). The van der Waals surface area contributed by atoms with E-state index >= 15 is 0 Å². The van der Waals surface area contributed by atoms with Crippen molar-refractivity contribution in [2.45, 2.75) is 33.2 Å². The van der Waals surface area contributed by atoms with Crippen LogP contribution >= 0.6 is 31.9 Å². The van der Waals surface area contributed by atoms with E-state index < -0.39 is 0 Å². The Morgan fingerprint density at radius 2 is 1.71 bits per heavy atom. The van der Waals surface area contributed by atoms with Crippen LogP contribution in [-0.2, 0) is 6.42 Å². The topological polar surface area (TPSA) is 12.0 Å². The maximum atomic E-state index is 3.69. The highest BCUT2D eigenvalue weighted by atomic mass is 79.9. The number of benzene rings is 2. The normalized spacial score (nSPS) is 12.4. The minimum absolute atomic E-state index is 0.307. The van der Waals surface area contributed by atoms with Crippen molar-refractivity contribution < 1.29 is 0 Å². The SMILES string of the molecule is CCNC(Cc1c(C)cccc1C)c1cc(Br)ccc1Br. The van der Waals surface area contributed by atoms with E-state index in [0.717, 1.165) is 21.9 Å². The van der Waals surface area contributed by atoms with Gasteiger partial charge in [-0.25, -0.2) is 0 Å². The molecule has 0 saturated carbocycles. The van der Waals surface area contributed by atoms with Crippen LogP contribution in [0, 0.1) is 13.8 Å². The van der Waals surface area contributed by atoms with E-state index in [1.54, 1.807) is 0 Å². The molecule has 0 aliphatic rings. The second kappa shape index (κ2) is 7.57. The molecule has 0 aromatic heterocycles. The van der Waals surface area contributed by atoms with Crippen LogP contribution in [0.4, 0.5) is 0 Å². The Bertz CT molecular complexity index is 602. The molecular weight excluding hydrogens is 390 g/mol. The quantitative estimate of drug-likeness (QED) is 0.664. The first-order valence-corrected chi connectivity index (χ1v) is 8.85. The van der Waals surface area contributed by atoms with Crippen molar-refractivity contribution in [3.05, 3.63) is 67.6 Å². The van der Waals surface area contributed by atoms with E-state index in [4.69, 9.17) is 0 Å². The molecule has 112 valence electrons. The maximum absolute atomic E-state index is 3.69. The summed E-state index contributed by atoms with van der Waals surface area (Å²) in [6.07, 6.45) is 1.00. The minimum atomic E-state index is 0.307. The summed E-state index contributed by atoms with van der Waals surface area (Å²) in [5.74, 6) is 0. The van der Waals surface area contributed by atoms with Crippen LogP contribution in [0.15, 0.2) is 45.3 Å². The van der Waals surface area contributed by atoms with Gasteiger partial charge in [0.1, 0.15) is 0 Å². The number of halogens is 2. The fraction of sp³-hybridized carbons (Fsp3) is 0.333. The first-order chi connectivity index (χ1) is 10.0. The molecule has 1 unspecified atom stereocenters. The lowest BCUT2D eigenvalue weighted by atomic mass is 9.93. The summed E-state index contributed by atoms with van der Waals surface area (Å²) in [5, 5.41) is 3.62. The molecule has 0 fully saturated rings. The van der Waals surface area contributed by atoms with Crippen LogP contribution in [-0.4, -0.2) is 6.54 Å². The predicted octanol–water partition coefficient (Wildman–Crippen LogP) is 5.72. The van der Waals surface area contributed by atoms with Gasteiger partial charge in [0.25, 0.3) is 0 Å². The molecule has 1 N–H and O–H groups in total. The molecular formula is C18H21Br2N. The Morgan fingerprint density at radius 1 is 1.05 bits per heavy atom. The summed E-state index contributed by atoms with van der Waals surface area (Å²) in [6, 6.07) is 13.2. The zero-order chi connectivity index (χ0) is 15.4. The monoisotopic (exact) mass is 409 g/mol. The van der Waals surface area contributed by atoms with Crippen molar-refractivity contribution in [3.63, 3.8) is 0 Å². The van der Waals surface area contributed by atoms with Crippen LogP contribution in [0.25, 0.3) is 0 Å². The molecule has 2 aromatic rings. The second-order valence-electron chi connectivity index (χ2n) is 5.35. The predicted molar refractivity (Wildman–Crippen MR) is 97.9 cm³/mol. The average Bonchev–Trinajstić information content (AvgIpc) is 2.44. The number of rotatable bonds is 5. The van der Waals surface area contributed by atoms with E-state index in [1.165, 1.54) is 22.3 Å². The minimum Gasteiger partial charge on any atom is -0.310 e. The van der Waals surface area contributed by atoms with Gasteiger partial charge in [0.2, 0.25) is 0 Å². The third-order valence-electron chi connectivity index (χ3n) is 3.84. The van der Waals surface area contributed by atoms with Crippen molar-refractivity contribution in [2.75, 3.05) is 6.54 Å². The highest BCUT2D eigenvalue weighted by Crippen LogP contribution is 2.30. The lowest BCUT2D eigenvalue weighted by Gasteiger charge is -2.22. The van der Waals surface area contributed by atoms with Crippen molar-refractivity contribution in [3.8, 4) is 0 Å². The maximum Gasteiger partial charge on any atom is 0.0372 e. The van der Waals surface area contributed by atoms with Crippen molar-refractivity contribution in [1.82, 2.24) is 5.32 Å². The molecule has 21 heavy (non-hydrogen) atoms. The van der Waals surface area contributed by atoms with Crippen molar-refractivity contribution in [2.24, 2.45) is 0 Å². The van der Waals surface area contributed by atoms with E-state index in [1.807, 2.05) is 0 Å². The Balaban J connectivity index is 2.38. The second-order valence-corrected chi connectivity index (χ2v) is 7.12. The third kappa shape index (κ3) is 4.18. The highest BCUT2D eigenvalue weighted by Gasteiger charge is 2.16. The molecule has 1 atom stereocenters. The molecule has 3 heteroatoms. The van der Waals surface area contributed by atoms with E-state index in [9.17, 15) is 0 Å². The zero-order valence-corrected chi connectivity index (χ0v) is 15.9. The summed E-state index contributed by atoms with van der Waals surface area (Å²) in [7, 11) is 0. The van der Waals surface area contributed by atoms with Gasteiger partial charge in [-0.3, -0.25) is 0 Å². The standard InChI is InChI=1S/C18H21Br2N/c1-4-21-18(16-10-14(19)8-9-17(16)20)11-15-12(2)6-5-7-13(15)3/h5-10,18,21H,4,11H2,1-3H3. The highest BCUT2D eigenvalue weighted by molar-refractivity contribution is 9.11. The molecule has 0 bridgehead atoms. The summed E-state index contributed by atoms with van der Waals surface area (Å²) in [4.78, 5) is 0. The lowest BCUT2D eigenvalue weighted by molar-refractivity contribution is 0.545. The molecule has 0 heterocycles. The smallest absolute Gasteiger partial charge is 0.0372 e. The molecule has 0 radical (unpaired) electrons. The molecule has 0 spiro atoms. The number of nitrogens with one attached hydrogen (secondary N) is 1. The first-order valence-electron chi connectivity index (χ1n) is 7.26. The van der Waals surface area contributed by atoms with Crippen LogP contribution in [0.5, 0.6) is 0 Å². The largest absolute Gasteiger partial charge is 0.310 e. The summed E-state index contributed by atoms with van der Waals surface area (Å²) in [5.41, 5.74) is 5.47. The van der Waals surface area contributed by atoms with Crippen LogP contribution in [0.2, 0.25) is 0 Å². The number of hydrogen-bond donors (Lipinski definition) is 1. The van der Waals surface area contributed by atoms with Crippen LogP contribution in [0.3, 0.4) is 0 Å². The Kier molecular flexibility index (Phi) is 6.03. The van der Waals surface area contributed by atoms with Gasteiger partial charge in [-0.1, -0.05) is 57.0 Å². The first kappa shape index (κ1) is 16.7. The average molecular weight is 411 g/mol. The molecule has 0 amide bonds. The molecule has 2 aromatic carbocycles. The van der Waals surface area contributed by atoms with Gasteiger partial charge in [0, 0.05) is 15.0 Å². The molecule has 0 aliphatic carbocycles. The van der Waals surface area contributed by atoms with Crippen LogP contribution in [0.1, 0.15) is 35.2 Å². The zero-order valence-electron chi connectivity index (χ0n) is 12.7. The molecule has 1 nitrogen and oxygen atoms in total. The molecule has 0 saturated heterocycles. The number of hydrogen-bond acceptors (Lipinski definition) is 1. The Morgan fingerprint density at radius 3 is 2.33 bits per heavy atom. The van der Waals surface area contributed by atoms with Gasteiger partial charge in [-0.2, -0.15) is 0 Å². The van der Waals surface area contributed by atoms with E-state index in [-0.39, 0.29) is 0 Å². The van der Waals surface area contributed by atoms with E-state index in [2.05, 4.69) is 94.3 Å². The third-order valence-corrected chi connectivity index (χ3v) is 5.05. The van der Waals surface area contributed by atoms with Crippen LogP contribution < -0.4 is 5.32 Å².